The van der Waals surface area contributed by atoms with Crippen molar-refractivity contribution in [3.05, 3.63) is 70.8 Å². The zero-order valence-electron chi connectivity index (χ0n) is 27.0. The van der Waals surface area contributed by atoms with Crippen LogP contribution in [0.15, 0.2) is 48.5 Å². The van der Waals surface area contributed by atoms with Crippen LogP contribution in [0, 0.1) is 31.6 Å². The topological polar surface area (TPSA) is 52.9 Å². The van der Waals surface area contributed by atoms with Gasteiger partial charge in [-0.25, -0.2) is 0 Å². The van der Waals surface area contributed by atoms with Gasteiger partial charge in [-0.05, 0) is 117 Å². The molecule has 4 bridgehead atoms. The molecule has 0 unspecified atom stereocenters. The van der Waals surface area contributed by atoms with Gasteiger partial charge in [-0.3, -0.25) is 0 Å². The number of hydrogen-bond acceptors (Lipinski definition) is 4. The maximum atomic E-state index is 12.2. The Balaban J connectivity index is 0.00000368. The fourth-order valence-electron chi connectivity index (χ4n) is 9.04. The van der Waals surface area contributed by atoms with Gasteiger partial charge in [0, 0.05) is 74.0 Å². The quantitative estimate of drug-likeness (QED) is 0.178. The molecule has 0 radical (unpaired) electrons. The number of phenols is 2. The van der Waals surface area contributed by atoms with Crippen LogP contribution in [-0.2, 0) is 41.4 Å². The maximum absolute atomic E-state index is 12.2. The van der Waals surface area contributed by atoms with Gasteiger partial charge in [0.05, 0.1) is 5.69 Å². The van der Waals surface area contributed by atoms with E-state index >= 15 is 0 Å². The van der Waals surface area contributed by atoms with E-state index in [9.17, 15) is 10.2 Å². The maximum Gasteiger partial charge on any atom is 0.142 e. The molecule has 4 fully saturated rings. The number of benzene rings is 3. The van der Waals surface area contributed by atoms with Crippen LogP contribution in [-0.4, -0.2) is 30.5 Å². The molecule has 5 heteroatoms. The predicted octanol–water partition coefficient (Wildman–Crippen LogP) is 9.32. The number of para-hydroxylation sites is 1. The average molecular weight is 746 g/mol. The molecule has 3 aromatic carbocycles. The van der Waals surface area contributed by atoms with Crippen molar-refractivity contribution in [1.29, 1.82) is 0 Å². The van der Waals surface area contributed by atoms with Crippen LogP contribution < -0.4 is 4.90 Å². The Morgan fingerprint density at radius 3 is 2.02 bits per heavy atom. The zero-order chi connectivity index (χ0) is 29.8. The summed E-state index contributed by atoms with van der Waals surface area (Å²) in [5.41, 5.74) is 8.01. The van der Waals surface area contributed by atoms with Gasteiger partial charge in [-0.2, -0.15) is 0 Å². The molecule has 0 aromatic heterocycles. The van der Waals surface area contributed by atoms with Crippen LogP contribution in [0.2, 0.25) is 0 Å². The Morgan fingerprint density at radius 1 is 0.814 bits per heavy atom. The number of rotatable bonds is 8. The Kier molecular flexibility index (Phi) is 9.27. The fourth-order valence-corrected chi connectivity index (χ4v) is 9.04. The second-order valence-electron chi connectivity index (χ2n) is 14.9. The molecule has 43 heavy (non-hydrogen) atoms. The third-order valence-corrected chi connectivity index (χ3v) is 10.4. The van der Waals surface area contributed by atoms with Crippen molar-refractivity contribution in [2.45, 2.75) is 90.4 Å². The smallest absolute Gasteiger partial charge is 0.142 e. The SMILES string of the molecule is COCCCN(c1ccccc1-c1cc(C)cc(C23CC4CC(CC(C4)C2)C3)c1O)c1cc(C)cc(C(C)(C)C)c1O.[Hf]. The molecular formula is C38H49HfNO3. The Bertz CT molecular complexity index is 1440. The van der Waals surface area contributed by atoms with E-state index in [0.29, 0.717) is 24.7 Å². The molecule has 4 aliphatic carbocycles. The summed E-state index contributed by atoms with van der Waals surface area (Å²) in [5, 5.41) is 23.9. The first-order valence-corrected chi connectivity index (χ1v) is 16.0. The standard InChI is InChI=1S/C38H49NO3.Hf/c1-24-14-30(35(40)32(16-24)38-21-26-18-27(22-38)20-28(19-26)23-38)29-10-7-8-11-33(29)39(12-9-13-42-6)34-17-25(2)15-31(36(34)41)37(3,4)5;/h7-8,10-11,14-17,26-28,40-41H,9,12-13,18-23H2,1-6H3;. The number of ether oxygens (including phenoxy) is 1. The molecule has 4 aliphatic rings. The Hall–Kier alpha value is -2.11. The number of methoxy groups -OCH3 is 1. The van der Waals surface area contributed by atoms with Crippen molar-refractivity contribution in [3.8, 4) is 22.6 Å². The summed E-state index contributed by atoms with van der Waals surface area (Å²) >= 11 is 0. The molecule has 4 saturated carbocycles. The van der Waals surface area contributed by atoms with Gasteiger partial charge in [0.25, 0.3) is 0 Å². The van der Waals surface area contributed by atoms with Crippen LogP contribution >= 0.6 is 0 Å². The van der Waals surface area contributed by atoms with E-state index in [1.165, 1.54) is 49.7 Å². The first-order chi connectivity index (χ1) is 20.0. The van der Waals surface area contributed by atoms with Crippen molar-refractivity contribution in [2.75, 3.05) is 25.2 Å². The molecule has 0 saturated heterocycles. The van der Waals surface area contributed by atoms with Gasteiger partial charge in [0.1, 0.15) is 11.5 Å². The zero-order valence-corrected chi connectivity index (χ0v) is 30.6. The third kappa shape index (κ3) is 6.10. The average Bonchev–Trinajstić information content (AvgIpc) is 2.92. The number of nitrogens with zero attached hydrogens (tertiary/aromatic N) is 1. The van der Waals surface area contributed by atoms with Crippen LogP contribution in [0.3, 0.4) is 0 Å². The number of hydrogen-bond donors (Lipinski definition) is 2. The molecule has 228 valence electrons. The number of aromatic hydroxyl groups is 2. The summed E-state index contributed by atoms with van der Waals surface area (Å²) in [4.78, 5) is 2.23. The normalized spacial score (nSPS) is 24.2. The molecule has 7 rings (SSSR count). The number of aryl methyl sites for hydroxylation is 2. The summed E-state index contributed by atoms with van der Waals surface area (Å²) in [6.45, 7) is 12.0. The van der Waals surface area contributed by atoms with Crippen LogP contribution in [0.5, 0.6) is 11.5 Å². The molecule has 0 atom stereocenters. The molecule has 4 nitrogen and oxygen atoms in total. The molecule has 2 N–H and O–H groups in total. The van der Waals surface area contributed by atoms with Crippen LogP contribution in [0.1, 0.15) is 88.0 Å². The van der Waals surface area contributed by atoms with E-state index in [1.54, 1.807) is 7.11 Å². The van der Waals surface area contributed by atoms with Crippen molar-refractivity contribution < 1.29 is 40.8 Å². The largest absolute Gasteiger partial charge is 0.507 e. The third-order valence-electron chi connectivity index (χ3n) is 10.4. The van der Waals surface area contributed by atoms with Gasteiger partial charge in [-0.1, -0.05) is 51.1 Å². The van der Waals surface area contributed by atoms with Crippen molar-refractivity contribution in [1.82, 2.24) is 0 Å². The molecule has 0 aliphatic heterocycles. The van der Waals surface area contributed by atoms with E-state index in [1.807, 2.05) is 0 Å². The predicted molar refractivity (Wildman–Crippen MR) is 173 cm³/mol. The molecular weight excluding hydrogens is 697 g/mol. The number of anilines is 2. The number of phenolic OH excluding ortho intramolecular Hbond substituents is 2. The second-order valence-corrected chi connectivity index (χ2v) is 14.9. The van der Waals surface area contributed by atoms with Crippen LogP contribution in [0.4, 0.5) is 11.4 Å². The molecule has 3 aromatic rings. The summed E-state index contributed by atoms with van der Waals surface area (Å²) in [6, 6.07) is 17.0. The van der Waals surface area contributed by atoms with E-state index in [0.717, 1.165) is 57.8 Å². The molecule has 0 amide bonds. The van der Waals surface area contributed by atoms with E-state index < -0.39 is 0 Å². The van der Waals surface area contributed by atoms with Crippen molar-refractivity contribution >= 4 is 11.4 Å². The second kappa shape index (κ2) is 12.4. The Morgan fingerprint density at radius 2 is 1.42 bits per heavy atom. The first kappa shape index (κ1) is 32.3. The van der Waals surface area contributed by atoms with Crippen molar-refractivity contribution in [3.63, 3.8) is 0 Å². The van der Waals surface area contributed by atoms with Crippen LogP contribution in [0.25, 0.3) is 11.1 Å². The van der Waals surface area contributed by atoms with E-state index in [2.05, 4.69) is 88.0 Å². The van der Waals surface area contributed by atoms with Gasteiger partial charge < -0.3 is 19.8 Å². The minimum atomic E-state index is -0.204. The first-order valence-electron chi connectivity index (χ1n) is 16.0. The molecule has 0 spiro atoms. The minimum Gasteiger partial charge on any atom is -0.507 e. The van der Waals surface area contributed by atoms with E-state index in [-0.39, 0.29) is 36.7 Å². The Labute approximate surface area is 277 Å². The van der Waals surface area contributed by atoms with Gasteiger partial charge in [0.15, 0.2) is 0 Å². The van der Waals surface area contributed by atoms with Gasteiger partial charge in [0.2, 0.25) is 0 Å². The van der Waals surface area contributed by atoms with Gasteiger partial charge >= 0.3 is 0 Å². The summed E-state index contributed by atoms with van der Waals surface area (Å²) in [5.74, 6) is 3.21. The molecule has 0 heterocycles. The van der Waals surface area contributed by atoms with Gasteiger partial charge in [-0.15, -0.1) is 0 Å². The summed E-state index contributed by atoms with van der Waals surface area (Å²) in [6.07, 6.45) is 8.60. The minimum absolute atomic E-state index is 0. The summed E-state index contributed by atoms with van der Waals surface area (Å²) < 4.78 is 5.45. The fraction of sp³-hybridized carbons (Fsp3) is 0.526. The van der Waals surface area contributed by atoms with E-state index in [4.69, 9.17) is 4.74 Å². The monoisotopic (exact) mass is 747 g/mol. The van der Waals surface area contributed by atoms with Crippen molar-refractivity contribution in [2.24, 2.45) is 17.8 Å². The summed E-state index contributed by atoms with van der Waals surface area (Å²) in [7, 11) is 1.73.